The molecule has 2 aromatic rings. The largest absolute Gasteiger partial charge is 0.300 e. The fourth-order valence-electron chi connectivity index (χ4n) is 2.52. The second-order valence-electron chi connectivity index (χ2n) is 5.33. The lowest BCUT2D eigenvalue weighted by Gasteiger charge is -2.06. The van der Waals surface area contributed by atoms with Crippen molar-refractivity contribution >= 4 is 57.3 Å². The Hall–Kier alpha value is -0.820. The van der Waals surface area contributed by atoms with Crippen LogP contribution >= 0.6 is 46.3 Å². The Balaban J connectivity index is 1.58. The molecular formula is C15H15Cl2N3OS2. The third-order valence-electron chi connectivity index (χ3n) is 3.76. The lowest BCUT2D eigenvalue weighted by molar-refractivity contribution is -0.119. The highest BCUT2D eigenvalue weighted by molar-refractivity contribution is 8.00. The molecule has 1 aromatic heterocycles. The van der Waals surface area contributed by atoms with E-state index in [2.05, 4.69) is 15.5 Å². The number of amides is 1. The number of hydrogen-bond acceptors (Lipinski definition) is 5. The van der Waals surface area contributed by atoms with Crippen LogP contribution in [0.5, 0.6) is 0 Å². The van der Waals surface area contributed by atoms with Gasteiger partial charge in [0.25, 0.3) is 0 Å². The first-order chi connectivity index (χ1) is 11.1. The van der Waals surface area contributed by atoms with Crippen LogP contribution in [0.25, 0.3) is 0 Å². The summed E-state index contributed by atoms with van der Waals surface area (Å²) in [6.07, 6.45) is 4.20. The maximum atomic E-state index is 12.1. The van der Waals surface area contributed by atoms with Crippen LogP contribution in [-0.2, 0) is 10.5 Å². The monoisotopic (exact) mass is 387 g/mol. The van der Waals surface area contributed by atoms with Crippen molar-refractivity contribution < 1.29 is 4.79 Å². The summed E-state index contributed by atoms with van der Waals surface area (Å²) in [5, 5.41) is 12.8. The van der Waals surface area contributed by atoms with Crippen molar-refractivity contribution in [3.63, 3.8) is 0 Å². The van der Waals surface area contributed by atoms with E-state index in [1.165, 1.54) is 23.1 Å². The molecule has 1 aliphatic carbocycles. The summed E-state index contributed by atoms with van der Waals surface area (Å²) in [6.45, 7) is 0. The highest BCUT2D eigenvalue weighted by Gasteiger charge is 2.23. The lowest BCUT2D eigenvalue weighted by atomic mass is 10.1. The van der Waals surface area contributed by atoms with E-state index in [9.17, 15) is 4.79 Å². The summed E-state index contributed by atoms with van der Waals surface area (Å²) < 4.78 is 0.780. The number of nitrogens with one attached hydrogen (secondary N) is 1. The smallest absolute Gasteiger partial charge is 0.229 e. The molecule has 0 aliphatic heterocycles. The molecule has 1 amide bonds. The maximum absolute atomic E-state index is 12.1. The zero-order valence-electron chi connectivity index (χ0n) is 12.2. The van der Waals surface area contributed by atoms with Crippen molar-refractivity contribution in [2.75, 3.05) is 5.32 Å². The van der Waals surface area contributed by atoms with Gasteiger partial charge in [0, 0.05) is 21.7 Å². The second kappa shape index (κ2) is 7.83. The third kappa shape index (κ3) is 4.38. The first-order valence-corrected chi connectivity index (χ1v) is 9.89. The number of hydrogen-bond donors (Lipinski definition) is 1. The number of carbonyl (C=O) groups is 1. The second-order valence-corrected chi connectivity index (χ2v) is 8.35. The number of anilines is 1. The van der Waals surface area contributed by atoms with E-state index in [0.29, 0.717) is 20.9 Å². The fourth-order valence-corrected chi connectivity index (χ4v) is 5.01. The highest BCUT2D eigenvalue weighted by Crippen LogP contribution is 2.34. The van der Waals surface area contributed by atoms with E-state index in [0.717, 1.165) is 35.6 Å². The van der Waals surface area contributed by atoms with Gasteiger partial charge in [-0.3, -0.25) is 4.79 Å². The molecule has 1 heterocycles. The van der Waals surface area contributed by atoms with Crippen LogP contribution in [0, 0.1) is 5.92 Å². The summed E-state index contributed by atoms with van der Waals surface area (Å²) in [5.74, 6) is 0.797. The van der Waals surface area contributed by atoms with Gasteiger partial charge in [-0.15, -0.1) is 10.2 Å². The summed E-state index contributed by atoms with van der Waals surface area (Å²) >= 11 is 15.2. The maximum Gasteiger partial charge on any atom is 0.229 e. The molecule has 1 fully saturated rings. The molecule has 1 N–H and O–H groups in total. The van der Waals surface area contributed by atoms with Gasteiger partial charge < -0.3 is 5.32 Å². The van der Waals surface area contributed by atoms with E-state index >= 15 is 0 Å². The fraction of sp³-hybridized carbons (Fsp3) is 0.400. The van der Waals surface area contributed by atoms with Crippen LogP contribution in [0.4, 0.5) is 5.13 Å². The molecule has 23 heavy (non-hydrogen) atoms. The summed E-state index contributed by atoms with van der Waals surface area (Å²) in [6, 6.07) is 5.45. The molecule has 0 saturated heterocycles. The van der Waals surface area contributed by atoms with Gasteiger partial charge >= 0.3 is 0 Å². The van der Waals surface area contributed by atoms with Gasteiger partial charge in [0.2, 0.25) is 11.0 Å². The van der Waals surface area contributed by atoms with Gasteiger partial charge in [0.1, 0.15) is 0 Å². The van der Waals surface area contributed by atoms with Gasteiger partial charge in [-0.1, -0.05) is 65.2 Å². The van der Waals surface area contributed by atoms with Gasteiger partial charge in [-0.25, -0.2) is 0 Å². The van der Waals surface area contributed by atoms with Crippen LogP contribution < -0.4 is 5.32 Å². The first-order valence-electron chi connectivity index (χ1n) is 7.33. The molecular weight excluding hydrogens is 373 g/mol. The van der Waals surface area contributed by atoms with Crippen molar-refractivity contribution in [2.45, 2.75) is 35.8 Å². The Labute approximate surface area is 153 Å². The molecule has 1 aliphatic rings. The molecule has 4 nitrogen and oxygen atoms in total. The Morgan fingerprint density at radius 1 is 1.26 bits per heavy atom. The van der Waals surface area contributed by atoms with Crippen LogP contribution in [-0.4, -0.2) is 16.1 Å². The van der Waals surface area contributed by atoms with Gasteiger partial charge in [0.15, 0.2) is 4.34 Å². The minimum absolute atomic E-state index is 0.0596. The third-order valence-corrected chi connectivity index (χ3v) is 6.47. The summed E-state index contributed by atoms with van der Waals surface area (Å²) in [4.78, 5) is 12.1. The van der Waals surface area contributed by atoms with Gasteiger partial charge in [0.05, 0.1) is 0 Å². The average molecular weight is 388 g/mol. The molecule has 0 unspecified atom stereocenters. The zero-order chi connectivity index (χ0) is 16.2. The zero-order valence-corrected chi connectivity index (χ0v) is 15.4. The number of aromatic nitrogens is 2. The predicted octanol–water partition coefficient (Wildman–Crippen LogP) is 5.27. The van der Waals surface area contributed by atoms with E-state index < -0.39 is 0 Å². The number of thioether (sulfide) groups is 1. The quantitative estimate of drug-likeness (QED) is 0.560. The Morgan fingerprint density at radius 2 is 1.96 bits per heavy atom. The molecule has 8 heteroatoms. The first kappa shape index (κ1) is 17.0. The van der Waals surface area contributed by atoms with E-state index in [1.54, 1.807) is 0 Å². The molecule has 1 aromatic carbocycles. The van der Waals surface area contributed by atoms with Gasteiger partial charge in [-0.05, 0) is 30.5 Å². The van der Waals surface area contributed by atoms with E-state index in [-0.39, 0.29) is 11.8 Å². The molecule has 1 saturated carbocycles. The normalized spacial score (nSPS) is 15.0. The highest BCUT2D eigenvalue weighted by atomic mass is 35.5. The van der Waals surface area contributed by atoms with E-state index in [4.69, 9.17) is 23.2 Å². The number of halogens is 2. The van der Waals surface area contributed by atoms with Crippen LogP contribution in [0.15, 0.2) is 22.5 Å². The lowest BCUT2D eigenvalue weighted by Crippen LogP contribution is -2.20. The van der Waals surface area contributed by atoms with Crippen molar-refractivity contribution in [1.29, 1.82) is 0 Å². The van der Waals surface area contributed by atoms with Crippen molar-refractivity contribution in [3.05, 3.63) is 33.8 Å². The minimum atomic E-state index is 0.0596. The molecule has 0 spiro atoms. The average Bonchev–Trinajstić information content (AvgIpc) is 3.18. The van der Waals surface area contributed by atoms with Crippen LogP contribution in [0.3, 0.4) is 0 Å². The molecule has 0 bridgehead atoms. The minimum Gasteiger partial charge on any atom is -0.300 e. The standard InChI is InChI=1S/C15H15Cl2N3OS2/c16-11-6-3-7-12(17)10(11)8-22-15-20-19-14(23-15)18-13(21)9-4-1-2-5-9/h3,6-7,9H,1-2,4-5,8H2,(H,18,19,21). The van der Waals surface area contributed by atoms with E-state index in [1.807, 2.05) is 18.2 Å². The van der Waals surface area contributed by atoms with Crippen LogP contribution in [0.2, 0.25) is 10.0 Å². The number of benzene rings is 1. The SMILES string of the molecule is O=C(Nc1nnc(SCc2c(Cl)cccc2Cl)s1)C1CCCC1. The Bertz CT molecular complexity index is 682. The van der Waals surface area contributed by atoms with Crippen molar-refractivity contribution in [3.8, 4) is 0 Å². The molecule has 122 valence electrons. The van der Waals surface area contributed by atoms with Gasteiger partial charge in [-0.2, -0.15) is 0 Å². The number of rotatable bonds is 5. The molecule has 0 radical (unpaired) electrons. The topological polar surface area (TPSA) is 54.9 Å². The van der Waals surface area contributed by atoms with Crippen LogP contribution in [0.1, 0.15) is 31.2 Å². The Kier molecular flexibility index (Phi) is 5.80. The summed E-state index contributed by atoms with van der Waals surface area (Å²) in [7, 11) is 0. The summed E-state index contributed by atoms with van der Waals surface area (Å²) in [5.41, 5.74) is 0.882. The molecule has 3 rings (SSSR count). The van der Waals surface area contributed by atoms with Crippen molar-refractivity contribution in [1.82, 2.24) is 10.2 Å². The Morgan fingerprint density at radius 3 is 2.65 bits per heavy atom. The number of nitrogens with zero attached hydrogens (tertiary/aromatic N) is 2. The molecule has 0 atom stereocenters. The number of carbonyl (C=O) groups excluding carboxylic acids is 1. The van der Waals surface area contributed by atoms with Crippen molar-refractivity contribution in [2.24, 2.45) is 5.92 Å². The predicted molar refractivity (Wildman–Crippen MR) is 96.5 cm³/mol.